The van der Waals surface area contributed by atoms with E-state index in [4.69, 9.17) is 9.47 Å². The monoisotopic (exact) mass is 731 g/mol. The second kappa shape index (κ2) is 18.8. The average Bonchev–Trinajstić information content (AvgIpc) is 3.59. The third-order valence-corrected chi connectivity index (χ3v) is 10.3. The summed E-state index contributed by atoms with van der Waals surface area (Å²) in [5, 5.41) is 8.39. The van der Waals surface area contributed by atoms with Gasteiger partial charge in [-0.05, 0) is 48.4 Å². The van der Waals surface area contributed by atoms with Crippen LogP contribution in [-0.4, -0.2) is 103 Å². The summed E-state index contributed by atoms with van der Waals surface area (Å²) in [6.45, 7) is 2.69. The summed E-state index contributed by atoms with van der Waals surface area (Å²) in [6.07, 6.45) is 5.45. The lowest BCUT2D eigenvalue weighted by molar-refractivity contribution is -0.145. The fraction of sp³-hybridized carbons (Fsp3) is 0.550. The molecule has 4 bridgehead atoms. The van der Waals surface area contributed by atoms with Gasteiger partial charge in [-0.25, -0.2) is 0 Å². The van der Waals surface area contributed by atoms with E-state index >= 15 is 0 Å². The van der Waals surface area contributed by atoms with Crippen LogP contribution in [0.15, 0.2) is 54.6 Å². The lowest BCUT2D eigenvalue weighted by Crippen LogP contribution is -2.58. The molecule has 2 fully saturated rings. The van der Waals surface area contributed by atoms with Crippen LogP contribution in [0.4, 0.5) is 0 Å². The summed E-state index contributed by atoms with van der Waals surface area (Å²) in [5.74, 6) is -3.00. The Labute approximate surface area is 311 Å². The van der Waals surface area contributed by atoms with Crippen molar-refractivity contribution in [2.75, 3.05) is 33.9 Å². The summed E-state index contributed by atoms with van der Waals surface area (Å²) in [6, 6.07) is 11.8. The second-order valence-corrected chi connectivity index (χ2v) is 14.5. The van der Waals surface area contributed by atoms with E-state index in [0.717, 1.165) is 37.7 Å². The Kier molecular flexibility index (Phi) is 14.0. The van der Waals surface area contributed by atoms with Crippen molar-refractivity contribution in [2.24, 2.45) is 5.92 Å². The summed E-state index contributed by atoms with van der Waals surface area (Å²) in [7, 11) is 3.12. The molecular formula is C40H53N5O8. The number of ether oxygens (including phenoxy) is 2. The van der Waals surface area contributed by atoms with Gasteiger partial charge >= 0.3 is 0 Å². The molecule has 0 aromatic heterocycles. The molecule has 286 valence electrons. The van der Waals surface area contributed by atoms with E-state index in [9.17, 15) is 28.8 Å². The van der Waals surface area contributed by atoms with Gasteiger partial charge in [-0.3, -0.25) is 28.8 Å². The zero-order chi connectivity index (χ0) is 37.9. The van der Waals surface area contributed by atoms with E-state index in [1.807, 2.05) is 31.2 Å². The van der Waals surface area contributed by atoms with Crippen LogP contribution >= 0.6 is 0 Å². The highest BCUT2D eigenvalue weighted by Gasteiger charge is 2.45. The first-order valence-corrected chi connectivity index (χ1v) is 18.9. The molecule has 1 saturated heterocycles. The van der Waals surface area contributed by atoms with Crippen LogP contribution in [0, 0.1) is 5.92 Å². The van der Waals surface area contributed by atoms with Crippen molar-refractivity contribution in [3.63, 3.8) is 0 Å². The van der Waals surface area contributed by atoms with Gasteiger partial charge in [0.05, 0.1) is 31.8 Å². The molecular weight excluding hydrogens is 678 g/mol. The number of likely N-dealkylation sites (N-methyl/N-ethyl adjacent to an activating group) is 1. The lowest BCUT2D eigenvalue weighted by atomic mass is 9.83. The summed E-state index contributed by atoms with van der Waals surface area (Å²) in [5.41, 5.74) is 1.27. The van der Waals surface area contributed by atoms with Crippen molar-refractivity contribution in [1.82, 2.24) is 25.8 Å². The van der Waals surface area contributed by atoms with Crippen molar-refractivity contribution in [3.8, 4) is 5.75 Å². The first-order chi connectivity index (χ1) is 25.5. The minimum absolute atomic E-state index is 0.0670. The average molecular weight is 732 g/mol. The Morgan fingerprint density at radius 3 is 2.42 bits per heavy atom. The Balaban J connectivity index is 1.36. The zero-order valence-electron chi connectivity index (χ0n) is 31.0. The molecule has 2 aromatic rings. The molecule has 2 aromatic carbocycles. The summed E-state index contributed by atoms with van der Waals surface area (Å²) >= 11 is 0. The van der Waals surface area contributed by atoms with Gasteiger partial charge in [-0.2, -0.15) is 0 Å². The van der Waals surface area contributed by atoms with Gasteiger partial charge < -0.3 is 35.2 Å². The number of carbonyl (C=O) groups is 6. The molecule has 3 aliphatic rings. The van der Waals surface area contributed by atoms with Crippen LogP contribution in [0.5, 0.6) is 5.75 Å². The predicted octanol–water partition coefficient (Wildman–Crippen LogP) is 2.86. The van der Waals surface area contributed by atoms with E-state index in [-0.39, 0.29) is 43.5 Å². The SMILES string of the molecule is CCC[C@H](NC(=O)[C@@H]1C[C@@H]2CN1C(=O)[C@H](C1CCCCC1)NC(=O)Cc1cccc(c1)OCCCO2)C(=O)C(=O)NC(C(=O)N(C)C)c1ccccc1. The normalized spacial score (nSPS) is 22.5. The lowest BCUT2D eigenvalue weighted by Gasteiger charge is -2.35. The number of rotatable bonds is 10. The third-order valence-electron chi connectivity index (χ3n) is 10.3. The number of ketones is 1. The molecule has 53 heavy (non-hydrogen) atoms. The topological polar surface area (TPSA) is 163 Å². The highest BCUT2D eigenvalue weighted by Crippen LogP contribution is 2.30. The first-order valence-electron chi connectivity index (χ1n) is 18.9. The number of Topliss-reactive ketones (excluding diaryl/α,β-unsaturated/α-hetero) is 1. The van der Waals surface area contributed by atoms with Gasteiger partial charge in [0.1, 0.15) is 23.9 Å². The van der Waals surface area contributed by atoms with Crippen LogP contribution in [-0.2, 0) is 39.9 Å². The smallest absolute Gasteiger partial charge is 0.290 e. The summed E-state index contributed by atoms with van der Waals surface area (Å²) in [4.78, 5) is 85.2. The molecule has 1 aliphatic carbocycles. The molecule has 1 saturated carbocycles. The Hall–Kier alpha value is -4.78. The van der Waals surface area contributed by atoms with Gasteiger partial charge in [-0.15, -0.1) is 0 Å². The molecule has 5 amide bonds. The quantitative estimate of drug-likeness (QED) is 0.314. The van der Waals surface area contributed by atoms with E-state index < -0.39 is 53.8 Å². The van der Waals surface area contributed by atoms with Crippen molar-refractivity contribution in [3.05, 3.63) is 65.7 Å². The Bertz CT molecular complexity index is 1610. The highest BCUT2D eigenvalue weighted by molar-refractivity contribution is 6.38. The summed E-state index contributed by atoms with van der Waals surface area (Å²) < 4.78 is 12.1. The number of amides is 5. The van der Waals surface area contributed by atoms with E-state index in [2.05, 4.69) is 16.0 Å². The van der Waals surface area contributed by atoms with E-state index in [1.54, 1.807) is 44.4 Å². The third kappa shape index (κ3) is 10.4. The first kappa shape index (κ1) is 39.4. The van der Waals surface area contributed by atoms with Crippen LogP contribution in [0.25, 0.3) is 0 Å². The number of benzene rings is 2. The maximum absolute atomic E-state index is 14.5. The maximum Gasteiger partial charge on any atom is 0.290 e. The number of carbonyl (C=O) groups excluding carboxylic acids is 6. The fourth-order valence-corrected chi connectivity index (χ4v) is 7.47. The van der Waals surface area contributed by atoms with Crippen LogP contribution < -0.4 is 20.7 Å². The number of hydrogen-bond acceptors (Lipinski definition) is 8. The molecule has 2 aliphatic heterocycles. The molecule has 13 heteroatoms. The van der Waals surface area contributed by atoms with Gasteiger partial charge in [-0.1, -0.05) is 75.1 Å². The van der Waals surface area contributed by atoms with Crippen molar-refractivity contribution in [2.45, 2.75) is 101 Å². The molecule has 1 unspecified atom stereocenters. The second-order valence-electron chi connectivity index (χ2n) is 14.5. The van der Waals surface area contributed by atoms with Crippen molar-refractivity contribution < 1.29 is 38.2 Å². The molecule has 0 spiro atoms. The standard InChI is InChI=1S/C40H53N5O8/c1-4-13-31(36(47)38(49)43-34(39(50)44(2)3)27-15-7-5-8-16-27)41-37(48)32-24-30-25-45(32)40(51)35(28-17-9-6-10-18-28)42-33(46)23-26-14-11-19-29(22-26)52-20-12-21-53-30/h5,7-8,11,14-16,19,22,28,30-32,34-35H,4,6,9-10,12-13,17-18,20-21,23-25H2,1-3H3,(H,41,48)(H,42,46)(H,43,49)/t30-,31+,32+,34?,35+/m1/s1. The fourth-order valence-electron chi connectivity index (χ4n) is 7.47. The van der Waals surface area contributed by atoms with Gasteiger partial charge in [0, 0.05) is 33.5 Å². The largest absolute Gasteiger partial charge is 0.493 e. The van der Waals surface area contributed by atoms with E-state index in [0.29, 0.717) is 37.4 Å². The number of fused-ring (bicyclic) bond motifs is 4. The van der Waals surface area contributed by atoms with Gasteiger partial charge in [0.15, 0.2) is 0 Å². The van der Waals surface area contributed by atoms with E-state index in [1.165, 1.54) is 9.80 Å². The van der Waals surface area contributed by atoms with Crippen molar-refractivity contribution >= 4 is 35.3 Å². The van der Waals surface area contributed by atoms with Crippen LogP contribution in [0.1, 0.15) is 81.9 Å². The molecule has 3 N–H and O–H groups in total. The number of nitrogens with zero attached hydrogens (tertiary/aromatic N) is 2. The molecule has 0 radical (unpaired) electrons. The van der Waals surface area contributed by atoms with Crippen LogP contribution in [0.2, 0.25) is 0 Å². The Morgan fingerprint density at radius 1 is 0.943 bits per heavy atom. The molecule has 5 rings (SSSR count). The highest BCUT2D eigenvalue weighted by atomic mass is 16.5. The van der Waals surface area contributed by atoms with Crippen LogP contribution in [0.3, 0.4) is 0 Å². The minimum atomic E-state index is -1.20. The number of nitrogens with one attached hydrogen (secondary N) is 3. The van der Waals surface area contributed by atoms with Gasteiger partial charge in [0.25, 0.3) is 5.91 Å². The molecule has 13 nitrogen and oxygen atoms in total. The molecule has 2 heterocycles. The molecule has 5 atom stereocenters. The predicted molar refractivity (Wildman–Crippen MR) is 196 cm³/mol. The maximum atomic E-state index is 14.5. The van der Waals surface area contributed by atoms with Gasteiger partial charge in [0.2, 0.25) is 29.4 Å². The van der Waals surface area contributed by atoms with Crippen molar-refractivity contribution in [1.29, 1.82) is 0 Å². The Morgan fingerprint density at radius 2 is 1.70 bits per heavy atom. The zero-order valence-corrected chi connectivity index (χ0v) is 31.0. The minimum Gasteiger partial charge on any atom is -0.493 e. The number of hydrogen-bond donors (Lipinski definition) is 3.